The third-order valence-corrected chi connectivity index (χ3v) is 4.36. The first-order chi connectivity index (χ1) is 10.1. The Labute approximate surface area is 127 Å². The number of pyridine rings is 1. The zero-order chi connectivity index (χ0) is 15.4. The van der Waals surface area contributed by atoms with Crippen LogP contribution in [0.25, 0.3) is 0 Å². The Kier molecular flexibility index (Phi) is 4.55. The molecule has 0 radical (unpaired) electrons. The average molecular weight is 300 g/mol. The number of hydrogen-bond donors (Lipinski definition) is 2. The van der Waals surface area contributed by atoms with Crippen molar-refractivity contribution in [1.82, 2.24) is 4.98 Å². The molecule has 0 aliphatic heterocycles. The number of thiophene rings is 1. The number of nitrogens with two attached hydrogens (primary N) is 1. The zero-order valence-corrected chi connectivity index (χ0v) is 12.7. The van der Waals surface area contributed by atoms with E-state index in [0.717, 1.165) is 5.56 Å². The molecule has 2 rings (SSSR count). The molecule has 3 N–H and O–H groups in total. The van der Waals surface area contributed by atoms with Crippen molar-refractivity contribution in [3.05, 3.63) is 40.5 Å². The van der Waals surface area contributed by atoms with E-state index < -0.39 is 0 Å². The van der Waals surface area contributed by atoms with Gasteiger partial charge in [0.1, 0.15) is 16.6 Å². The first-order valence-electron chi connectivity index (χ1n) is 6.60. The predicted octanol–water partition coefficient (Wildman–Crippen LogP) is 3.36. The van der Waals surface area contributed by atoms with Crippen molar-refractivity contribution in [2.75, 3.05) is 11.1 Å². The molecule has 0 aliphatic carbocycles. The smallest absolute Gasteiger partial charge is 0.174 e. The molecule has 0 aromatic carbocycles. The number of nitrogen functional groups attached to an aromatic ring is 1. The zero-order valence-electron chi connectivity index (χ0n) is 11.9. The van der Waals surface area contributed by atoms with Crippen LogP contribution in [0.4, 0.5) is 10.7 Å². The number of carbonyl (C=O) groups is 1. The Balaban J connectivity index is 2.32. The van der Waals surface area contributed by atoms with Crippen LogP contribution in [0.1, 0.15) is 47.1 Å². The molecule has 0 saturated heterocycles. The summed E-state index contributed by atoms with van der Waals surface area (Å²) in [5.74, 6) is -0.0429. The molecule has 0 bridgehead atoms. The highest BCUT2D eigenvalue weighted by Crippen LogP contribution is 2.37. The molecule has 0 fully saturated rings. The van der Waals surface area contributed by atoms with Gasteiger partial charge in [-0.15, -0.1) is 11.3 Å². The van der Waals surface area contributed by atoms with Gasteiger partial charge in [-0.3, -0.25) is 9.78 Å². The minimum atomic E-state index is -0.0429. The number of nitriles is 1. The van der Waals surface area contributed by atoms with Crippen molar-refractivity contribution >= 4 is 27.8 Å². The molecule has 1 atom stereocenters. The summed E-state index contributed by atoms with van der Waals surface area (Å²) in [4.78, 5) is 16.3. The van der Waals surface area contributed by atoms with Crippen molar-refractivity contribution in [1.29, 1.82) is 5.26 Å². The minimum absolute atomic E-state index is 0.0114. The van der Waals surface area contributed by atoms with Gasteiger partial charge >= 0.3 is 0 Å². The largest absolute Gasteiger partial charge is 0.396 e. The summed E-state index contributed by atoms with van der Waals surface area (Å²) in [6, 6.07) is 5.87. The Bertz CT molecular complexity index is 688. The second-order valence-corrected chi connectivity index (χ2v) is 5.60. The van der Waals surface area contributed by atoms with Crippen molar-refractivity contribution in [2.45, 2.75) is 26.3 Å². The molecule has 0 aliphatic rings. The fourth-order valence-corrected chi connectivity index (χ4v) is 3.12. The summed E-state index contributed by atoms with van der Waals surface area (Å²) in [6.07, 6.45) is 3.80. The molecule has 0 spiro atoms. The van der Waals surface area contributed by atoms with Crippen LogP contribution >= 0.6 is 11.3 Å². The summed E-state index contributed by atoms with van der Waals surface area (Å²) in [5.41, 5.74) is 7.59. The van der Waals surface area contributed by atoms with Crippen molar-refractivity contribution in [2.24, 2.45) is 0 Å². The molecule has 1 unspecified atom stereocenters. The van der Waals surface area contributed by atoms with E-state index in [4.69, 9.17) is 5.73 Å². The monoisotopic (exact) mass is 300 g/mol. The molecule has 6 heteroatoms. The van der Waals surface area contributed by atoms with E-state index in [1.54, 1.807) is 19.3 Å². The molecule has 2 aromatic heterocycles. The second-order valence-electron chi connectivity index (χ2n) is 4.58. The number of nitrogens with zero attached hydrogens (tertiary/aromatic N) is 2. The van der Waals surface area contributed by atoms with Gasteiger partial charge in [-0.05, 0) is 24.6 Å². The van der Waals surface area contributed by atoms with Gasteiger partial charge in [-0.25, -0.2) is 0 Å². The van der Waals surface area contributed by atoms with Crippen molar-refractivity contribution in [3.63, 3.8) is 0 Å². The number of carbonyl (C=O) groups excluding carboxylic acids is 1. The first kappa shape index (κ1) is 15.0. The SMILES string of the molecule is CCC(=O)c1sc(NC(C)c2ccncc2)c(C#N)c1N. The van der Waals surface area contributed by atoms with Crippen LogP contribution in [-0.2, 0) is 0 Å². The summed E-state index contributed by atoms with van der Waals surface area (Å²) in [5, 5.41) is 13.2. The highest BCUT2D eigenvalue weighted by Gasteiger charge is 2.21. The quantitative estimate of drug-likeness (QED) is 0.826. The molecular formula is C15H16N4OS. The molecule has 108 valence electrons. The minimum Gasteiger partial charge on any atom is -0.396 e. The summed E-state index contributed by atoms with van der Waals surface area (Å²) in [7, 11) is 0. The van der Waals surface area contributed by atoms with E-state index in [1.807, 2.05) is 19.1 Å². The van der Waals surface area contributed by atoms with Crippen molar-refractivity contribution in [3.8, 4) is 6.07 Å². The molecule has 2 aromatic rings. The first-order valence-corrected chi connectivity index (χ1v) is 7.42. The highest BCUT2D eigenvalue weighted by molar-refractivity contribution is 7.19. The molecule has 21 heavy (non-hydrogen) atoms. The number of nitrogens with one attached hydrogen (secondary N) is 1. The third kappa shape index (κ3) is 3.03. The van der Waals surface area contributed by atoms with Crippen LogP contribution in [0.3, 0.4) is 0 Å². The predicted molar refractivity (Wildman–Crippen MR) is 84.3 cm³/mol. The Morgan fingerprint density at radius 2 is 2.19 bits per heavy atom. The molecular weight excluding hydrogens is 284 g/mol. The van der Waals surface area contributed by atoms with E-state index in [0.29, 0.717) is 21.9 Å². The molecule has 0 amide bonds. The van der Waals surface area contributed by atoms with Crippen LogP contribution < -0.4 is 11.1 Å². The summed E-state index contributed by atoms with van der Waals surface area (Å²) < 4.78 is 0. The van der Waals surface area contributed by atoms with E-state index in [9.17, 15) is 10.1 Å². The van der Waals surface area contributed by atoms with Gasteiger partial charge < -0.3 is 11.1 Å². The molecule has 0 saturated carbocycles. The number of ketones is 1. The number of Topliss-reactive ketones (excluding diaryl/α,β-unsaturated/α-hetero) is 1. The van der Waals surface area contributed by atoms with Crippen LogP contribution in [0.2, 0.25) is 0 Å². The van der Waals surface area contributed by atoms with E-state index >= 15 is 0 Å². The van der Waals surface area contributed by atoms with E-state index in [-0.39, 0.29) is 17.5 Å². The molecule has 5 nitrogen and oxygen atoms in total. The standard InChI is InChI=1S/C15H16N4OS/c1-3-12(20)14-13(17)11(8-16)15(21-14)19-9(2)10-4-6-18-7-5-10/h4-7,9,19H,3,17H2,1-2H3. The second kappa shape index (κ2) is 6.37. The Hall–Kier alpha value is -2.39. The van der Waals surface area contributed by atoms with Gasteiger partial charge in [-0.2, -0.15) is 5.26 Å². The lowest BCUT2D eigenvalue weighted by Gasteiger charge is -2.14. The lowest BCUT2D eigenvalue weighted by molar-refractivity contribution is 0.0993. The highest BCUT2D eigenvalue weighted by atomic mass is 32.1. The number of aromatic nitrogens is 1. The Morgan fingerprint density at radius 3 is 2.76 bits per heavy atom. The van der Waals surface area contributed by atoms with Crippen LogP contribution in [0.5, 0.6) is 0 Å². The van der Waals surface area contributed by atoms with Gasteiger partial charge in [0.2, 0.25) is 0 Å². The maximum atomic E-state index is 11.9. The Morgan fingerprint density at radius 1 is 1.52 bits per heavy atom. The van der Waals surface area contributed by atoms with Gasteiger partial charge in [0, 0.05) is 24.9 Å². The summed E-state index contributed by atoms with van der Waals surface area (Å²) in [6.45, 7) is 3.76. The lowest BCUT2D eigenvalue weighted by Crippen LogP contribution is -2.06. The van der Waals surface area contributed by atoms with E-state index in [2.05, 4.69) is 16.4 Å². The summed E-state index contributed by atoms with van der Waals surface area (Å²) >= 11 is 1.24. The van der Waals surface area contributed by atoms with Crippen molar-refractivity contribution < 1.29 is 4.79 Å². The lowest BCUT2D eigenvalue weighted by atomic mass is 10.1. The van der Waals surface area contributed by atoms with E-state index in [1.165, 1.54) is 11.3 Å². The number of hydrogen-bond acceptors (Lipinski definition) is 6. The fourth-order valence-electron chi connectivity index (χ4n) is 1.96. The van der Waals surface area contributed by atoms with Crippen LogP contribution in [0, 0.1) is 11.3 Å². The maximum Gasteiger partial charge on any atom is 0.174 e. The normalized spacial score (nSPS) is 11.7. The van der Waals surface area contributed by atoms with Gasteiger partial charge in [-0.1, -0.05) is 6.92 Å². The van der Waals surface area contributed by atoms with Gasteiger partial charge in [0.25, 0.3) is 0 Å². The number of anilines is 2. The molecule has 2 heterocycles. The van der Waals surface area contributed by atoms with Crippen LogP contribution in [0.15, 0.2) is 24.5 Å². The fraction of sp³-hybridized carbons (Fsp3) is 0.267. The van der Waals surface area contributed by atoms with Crippen LogP contribution in [-0.4, -0.2) is 10.8 Å². The maximum absolute atomic E-state index is 11.9. The topological polar surface area (TPSA) is 91.8 Å². The van der Waals surface area contributed by atoms with Gasteiger partial charge in [0.15, 0.2) is 5.78 Å². The van der Waals surface area contributed by atoms with Gasteiger partial charge in [0.05, 0.1) is 10.6 Å². The average Bonchev–Trinajstić information content (AvgIpc) is 2.83. The number of rotatable bonds is 5. The third-order valence-electron chi connectivity index (χ3n) is 3.19.